The number of aromatic nitrogens is 9. The summed E-state index contributed by atoms with van der Waals surface area (Å²) in [6.45, 7) is -1.53. The van der Waals surface area contributed by atoms with Gasteiger partial charge in [-0.1, -0.05) is 11.1 Å². The fraction of sp³-hybridized carbons (Fsp3) is 0.444. The van der Waals surface area contributed by atoms with Crippen molar-refractivity contribution in [3.8, 4) is 0 Å². The first-order chi connectivity index (χ1) is 27.3. The standard InChI is InChI=1S/C27H35N12O16P3/c1-36-12-39(22-18(36)24(43)35-27(29)33-22)16-8-37(6-13-3-2-4-30-5-13)7-14(52-16)9-50-56(44,45)54-58(48,49)55-57(46,47)51-10-15-19(40)20(41)25(53-15)38-11-31-17-21(38)32-26(28)34-23(17)42/h2-5,11-12,14-16,19-20,25,40-41H,6-10H2,1H3,(H8-,28,29,32,33,34,35,42,43,44,45,46,47,48,49)/p-2/t14?,15-,16?,19-,20-,25-/m1/s1. The zero-order valence-electron chi connectivity index (χ0n) is 29.6. The van der Waals surface area contributed by atoms with Crippen LogP contribution in [0.4, 0.5) is 11.9 Å². The highest BCUT2D eigenvalue weighted by Gasteiger charge is 2.45. The molecule has 58 heavy (non-hydrogen) atoms. The van der Waals surface area contributed by atoms with Crippen LogP contribution in [0.3, 0.4) is 0 Å². The number of aliphatic hydroxyl groups excluding tert-OH is 2. The average molecular weight is 875 g/mol. The molecule has 0 saturated carbocycles. The van der Waals surface area contributed by atoms with Gasteiger partial charge in [0.05, 0.1) is 39.2 Å². The van der Waals surface area contributed by atoms with Crippen molar-refractivity contribution in [1.29, 1.82) is 0 Å². The maximum Gasteiger partial charge on any atom is 0.313 e. The topological polar surface area (TPSA) is 403 Å². The lowest BCUT2D eigenvalue weighted by Gasteiger charge is -2.38. The number of nitrogens with one attached hydrogen (secondary N) is 2. The smallest absolute Gasteiger partial charge is 0.313 e. The Hall–Kier alpha value is -4.34. The minimum Gasteiger partial charge on any atom is -0.756 e. The molecule has 2 aliphatic heterocycles. The van der Waals surface area contributed by atoms with E-state index >= 15 is 0 Å². The molecule has 2 saturated heterocycles. The Labute approximate surface area is 323 Å². The first-order valence-electron chi connectivity index (χ1n) is 16.7. The lowest BCUT2D eigenvalue weighted by molar-refractivity contribution is -0.747. The molecule has 9 atom stereocenters. The summed E-state index contributed by atoms with van der Waals surface area (Å²) in [5.41, 5.74) is 10.8. The number of aliphatic hydroxyl groups is 2. The third-order valence-corrected chi connectivity index (χ3v) is 12.9. The number of aryl methyl sites for hydroxylation is 1. The molecule has 5 unspecified atom stereocenters. The molecule has 7 heterocycles. The van der Waals surface area contributed by atoms with E-state index in [0.717, 1.165) is 16.5 Å². The van der Waals surface area contributed by atoms with E-state index in [-0.39, 0.29) is 53.9 Å². The average Bonchev–Trinajstić information content (AvgIpc) is 3.78. The third kappa shape index (κ3) is 9.11. The Kier molecular flexibility index (Phi) is 11.5. The lowest BCUT2D eigenvalue weighted by atomic mass is 10.1. The maximum absolute atomic E-state index is 12.7. The number of aromatic amines is 2. The van der Waals surface area contributed by atoms with Crippen molar-refractivity contribution in [3.05, 3.63) is 63.5 Å². The quantitative estimate of drug-likeness (QED) is 0.0454. The molecule has 314 valence electrons. The number of H-pyrrole nitrogens is 2. The number of nitrogens with zero attached hydrogens (tertiary/aromatic N) is 8. The summed E-state index contributed by atoms with van der Waals surface area (Å²) in [6, 6.07) is 3.51. The van der Waals surface area contributed by atoms with Gasteiger partial charge >= 0.3 is 5.65 Å². The zero-order chi connectivity index (χ0) is 41.7. The second kappa shape index (κ2) is 16.0. The van der Waals surface area contributed by atoms with Crippen molar-refractivity contribution in [1.82, 2.24) is 43.9 Å². The number of phosphoric acid groups is 3. The van der Waals surface area contributed by atoms with E-state index < -0.39 is 84.7 Å². The number of ether oxygens (including phenoxy) is 2. The zero-order valence-corrected chi connectivity index (χ0v) is 32.3. The summed E-state index contributed by atoms with van der Waals surface area (Å²) in [5, 5.41) is 21.1. The molecular formula is C27H33N12O16P3-2. The van der Waals surface area contributed by atoms with Gasteiger partial charge in [0.1, 0.15) is 18.3 Å². The van der Waals surface area contributed by atoms with Gasteiger partial charge < -0.3 is 54.9 Å². The fourth-order valence-electron chi connectivity index (χ4n) is 6.37. The van der Waals surface area contributed by atoms with Gasteiger partial charge in [0.2, 0.25) is 11.5 Å². The van der Waals surface area contributed by atoms with Crippen molar-refractivity contribution < 1.29 is 70.3 Å². The number of nitrogen functional groups attached to an aromatic ring is 2. The number of rotatable bonds is 14. The second-order valence-electron chi connectivity index (χ2n) is 12.9. The van der Waals surface area contributed by atoms with Gasteiger partial charge in [-0.2, -0.15) is 4.98 Å². The Morgan fingerprint density at radius 3 is 2.36 bits per heavy atom. The van der Waals surface area contributed by atoms with Crippen LogP contribution < -0.4 is 41.8 Å². The highest BCUT2D eigenvalue weighted by molar-refractivity contribution is 7.65. The van der Waals surface area contributed by atoms with E-state index in [1.165, 1.54) is 15.5 Å². The molecule has 0 aromatic carbocycles. The van der Waals surface area contributed by atoms with E-state index in [1.807, 2.05) is 4.90 Å². The van der Waals surface area contributed by atoms with Crippen LogP contribution in [0.15, 0.2) is 46.8 Å². The van der Waals surface area contributed by atoms with Crippen LogP contribution in [0.2, 0.25) is 0 Å². The van der Waals surface area contributed by atoms with Crippen molar-refractivity contribution in [3.63, 3.8) is 0 Å². The molecule has 8 N–H and O–H groups in total. The predicted molar refractivity (Wildman–Crippen MR) is 185 cm³/mol. The number of morpholine rings is 1. The first-order valence-corrected chi connectivity index (χ1v) is 21.1. The summed E-state index contributed by atoms with van der Waals surface area (Å²) in [5.74, 6) is -0.490. The number of imidazole rings is 2. The molecular weight excluding hydrogens is 841 g/mol. The van der Waals surface area contributed by atoms with Gasteiger partial charge in [0.25, 0.3) is 40.5 Å². The lowest BCUT2D eigenvalue weighted by Crippen LogP contribution is -2.55. The highest BCUT2D eigenvalue weighted by Crippen LogP contribution is 2.63. The fourth-order valence-corrected chi connectivity index (χ4v) is 9.77. The van der Waals surface area contributed by atoms with Crippen molar-refractivity contribution >= 4 is 57.7 Å². The number of nitrogens with two attached hydrogens (primary N) is 2. The number of hydrogen-bond acceptors (Lipinski definition) is 23. The number of fused-ring (bicyclic) bond motifs is 2. The van der Waals surface area contributed by atoms with Crippen LogP contribution in [0.5, 0.6) is 0 Å². The molecule has 2 fully saturated rings. The molecule has 2 aliphatic rings. The number of phosphoric ester groups is 2. The minimum absolute atomic E-state index is 0.0204. The largest absolute Gasteiger partial charge is 0.756 e. The monoisotopic (exact) mass is 874 g/mol. The number of pyridine rings is 1. The van der Waals surface area contributed by atoms with E-state index in [9.17, 15) is 48.2 Å². The van der Waals surface area contributed by atoms with Crippen LogP contribution in [-0.4, -0.2) is 105 Å². The van der Waals surface area contributed by atoms with Gasteiger partial charge in [-0.3, -0.25) is 52.3 Å². The van der Waals surface area contributed by atoms with Gasteiger partial charge in [0, 0.05) is 25.5 Å². The molecule has 0 amide bonds. The molecule has 28 nitrogen and oxygen atoms in total. The molecule has 0 radical (unpaired) electrons. The van der Waals surface area contributed by atoms with Crippen molar-refractivity contribution in [2.45, 2.75) is 43.4 Å². The summed E-state index contributed by atoms with van der Waals surface area (Å²) in [6.07, 6.45) is -3.14. The van der Waals surface area contributed by atoms with E-state index in [0.29, 0.717) is 0 Å². The van der Waals surface area contributed by atoms with Crippen LogP contribution in [0, 0.1) is 0 Å². The van der Waals surface area contributed by atoms with Crippen LogP contribution in [0.25, 0.3) is 22.3 Å². The Morgan fingerprint density at radius 1 is 0.966 bits per heavy atom. The summed E-state index contributed by atoms with van der Waals surface area (Å²) in [4.78, 5) is 84.9. The Balaban J connectivity index is 0.983. The molecule has 5 aromatic heterocycles. The molecule has 31 heteroatoms. The Bertz CT molecular complexity index is 2590. The molecule has 7 rings (SSSR count). The molecule has 5 aromatic rings. The Morgan fingerprint density at radius 2 is 1.66 bits per heavy atom. The van der Waals surface area contributed by atoms with Crippen LogP contribution in [0.1, 0.15) is 18.0 Å². The first kappa shape index (κ1) is 41.8. The van der Waals surface area contributed by atoms with Crippen molar-refractivity contribution in [2.24, 2.45) is 7.05 Å². The van der Waals surface area contributed by atoms with Crippen molar-refractivity contribution in [2.75, 3.05) is 37.8 Å². The second-order valence-corrected chi connectivity index (χ2v) is 17.4. The SMILES string of the molecule is Cn1c[n+](C2CN(Cc3cccnc3)CC(COP(=O)([O-])OP(=O)([O-])OP(=O)([O-])OC[C@H]3O[C@@H](n4cnc5c(=O)[nH]c(N)nc54)[C@H](O)[C@@H]3O)O2)c2nc(N)[nH]c(=O)c21. The van der Waals surface area contributed by atoms with E-state index in [2.05, 4.69) is 43.0 Å². The number of anilines is 2. The normalized spacial score (nSPS) is 26.1. The number of hydrogen-bond donors (Lipinski definition) is 6. The summed E-state index contributed by atoms with van der Waals surface area (Å²) >= 11 is 0. The van der Waals surface area contributed by atoms with Crippen LogP contribution in [-0.2, 0) is 54.4 Å². The summed E-state index contributed by atoms with van der Waals surface area (Å²) < 4.78 is 70.5. The van der Waals surface area contributed by atoms with E-state index in [1.54, 1.807) is 31.6 Å². The van der Waals surface area contributed by atoms with Gasteiger partial charge in [-0.15, -0.1) is 0 Å². The van der Waals surface area contributed by atoms with Gasteiger partial charge in [-0.05, 0) is 11.6 Å². The van der Waals surface area contributed by atoms with Gasteiger partial charge in [-0.25, -0.2) is 18.2 Å². The predicted octanol–water partition coefficient (Wildman–Crippen LogP) is -4.27. The highest BCUT2D eigenvalue weighted by atomic mass is 31.3. The maximum atomic E-state index is 12.7. The van der Waals surface area contributed by atoms with E-state index in [4.69, 9.17) is 25.5 Å². The third-order valence-electron chi connectivity index (χ3n) is 8.73. The van der Waals surface area contributed by atoms with Crippen LogP contribution >= 0.6 is 23.5 Å². The summed E-state index contributed by atoms with van der Waals surface area (Å²) in [7, 11) is -16.7. The molecule has 0 aliphatic carbocycles. The van der Waals surface area contributed by atoms with Gasteiger partial charge in [0.15, 0.2) is 29.9 Å². The molecule has 0 spiro atoms. The molecule has 0 bridgehead atoms. The minimum atomic E-state index is -6.32.